The first-order chi connectivity index (χ1) is 9.56. The molecule has 1 unspecified atom stereocenters. The Labute approximate surface area is 120 Å². The summed E-state index contributed by atoms with van der Waals surface area (Å²) in [5.41, 5.74) is 9.22. The Balaban J connectivity index is 1.69. The van der Waals surface area contributed by atoms with Gasteiger partial charge in [-0.3, -0.25) is 0 Å². The molecule has 0 heterocycles. The van der Waals surface area contributed by atoms with E-state index in [9.17, 15) is 4.39 Å². The van der Waals surface area contributed by atoms with Crippen LogP contribution in [-0.2, 0) is 0 Å². The van der Waals surface area contributed by atoms with Gasteiger partial charge in [0.2, 0.25) is 0 Å². The van der Waals surface area contributed by atoms with E-state index in [1.54, 1.807) is 12.1 Å². The molecule has 4 aliphatic rings. The van der Waals surface area contributed by atoms with E-state index in [1.165, 1.54) is 44.1 Å². The molecule has 0 saturated heterocycles. The van der Waals surface area contributed by atoms with Crippen molar-refractivity contribution in [3.8, 4) is 0 Å². The Hall–Kier alpha value is -0.890. The van der Waals surface area contributed by atoms with Crippen LogP contribution in [0.25, 0.3) is 0 Å². The van der Waals surface area contributed by atoms with E-state index in [1.807, 2.05) is 13.0 Å². The summed E-state index contributed by atoms with van der Waals surface area (Å²) in [5, 5.41) is 0. The van der Waals surface area contributed by atoms with Crippen LogP contribution in [-0.4, -0.2) is 0 Å². The second-order valence-electron chi connectivity index (χ2n) is 7.76. The molecule has 5 rings (SSSR count). The highest BCUT2D eigenvalue weighted by Crippen LogP contribution is 2.63. The van der Waals surface area contributed by atoms with Gasteiger partial charge in [-0.05, 0) is 91.9 Å². The maximum absolute atomic E-state index is 13.3. The van der Waals surface area contributed by atoms with Crippen LogP contribution >= 0.6 is 0 Å². The smallest absolute Gasteiger partial charge is 0.123 e. The molecule has 1 aromatic rings. The van der Waals surface area contributed by atoms with E-state index in [-0.39, 0.29) is 11.9 Å². The number of halogens is 1. The molecule has 1 atom stereocenters. The highest BCUT2D eigenvalue weighted by atomic mass is 19.1. The Morgan fingerprint density at radius 2 is 1.65 bits per heavy atom. The van der Waals surface area contributed by atoms with Crippen LogP contribution in [0, 0.1) is 35.9 Å². The molecule has 2 heteroatoms. The molecule has 1 aromatic carbocycles. The second-order valence-corrected chi connectivity index (χ2v) is 7.76. The lowest BCUT2D eigenvalue weighted by atomic mass is 9.47. The van der Waals surface area contributed by atoms with Crippen molar-refractivity contribution >= 4 is 0 Å². The minimum atomic E-state index is -0.149. The van der Waals surface area contributed by atoms with Crippen LogP contribution in [0.2, 0.25) is 0 Å². The predicted molar refractivity (Wildman–Crippen MR) is 78.7 cm³/mol. The summed E-state index contributed by atoms with van der Waals surface area (Å²) in [6, 6.07) is 5.23. The fourth-order valence-electron chi connectivity index (χ4n) is 5.88. The van der Waals surface area contributed by atoms with Gasteiger partial charge in [0.05, 0.1) is 0 Å². The van der Waals surface area contributed by atoms with Crippen LogP contribution in [0.1, 0.15) is 55.7 Å². The first kappa shape index (κ1) is 12.8. The molecule has 4 aliphatic carbocycles. The summed E-state index contributed by atoms with van der Waals surface area (Å²) in [7, 11) is 0. The molecule has 108 valence electrons. The average molecular weight is 273 g/mol. The number of benzene rings is 1. The third-order valence-corrected chi connectivity index (χ3v) is 6.31. The standard InChI is InChI=1S/C18H24FN/c1-11-4-15(19)2-3-16(11)17(20)18-8-12-5-13(9-18)7-14(6-12)10-18/h2-4,12-14,17H,5-10,20H2,1H3. The highest BCUT2D eigenvalue weighted by molar-refractivity contribution is 5.31. The zero-order valence-corrected chi connectivity index (χ0v) is 12.2. The fourth-order valence-corrected chi connectivity index (χ4v) is 5.88. The van der Waals surface area contributed by atoms with Gasteiger partial charge in [0, 0.05) is 6.04 Å². The van der Waals surface area contributed by atoms with Crippen molar-refractivity contribution in [2.75, 3.05) is 0 Å². The molecule has 2 N–H and O–H groups in total. The van der Waals surface area contributed by atoms with Crippen LogP contribution in [0.3, 0.4) is 0 Å². The van der Waals surface area contributed by atoms with Crippen molar-refractivity contribution < 1.29 is 4.39 Å². The maximum atomic E-state index is 13.3. The maximum Gasteiger partial charge on any atom is 0.123 e. The van der Waals surface area contributed by atoms with E-state index in [0.717, 1.165) is 23.3 Å². The minimum Gasteiger partial charge on any atom is -0.323 e. The van der Waals surface area contributed by atoms with E-state index in [2.05, 4.69) is 0 Å². The van der Waals surface area contributed by atoms with Crippen molar-refractivity contribution in [1.82, 2.24) is 0 Å². The number of aryl methyl sites for hydroxylation is 1. The molecule has 4 fully saturated rings. The van der Waals surface area contributed by atoms with E-state index >= 15 is 0 Å². The number of nitrogens with two attached hydrogens (primary N) is 1. The molecule has 4 bridgehead atoms. The summed E-state index contributed by atoms with van der Waals surface area (Å²) in [5.74, 6) is 2.58. The van der Waals surface area contributed by atoms with Crippen LogP contribution in [0.5, 0.6) is 0 Å². The van der Waals surface area contributed by atoms with Gasteiger partial charge in [-0.2, -0.15) is 0 Å². The normalized spacial score (nSPS) is 40.0. The summed E-state index contributed by atoms with van der Waals surface area (Å²) >= 11 is 0. The van der Waals surface area contributed by atoms with Crippen LogP contribution in [0.4, 0.5) is 4.39 Å². The molecule has 4 saturated carbocycles. The van der Waals surface area contributed by atoms with Gasteiger partial charge in [0.25, 0.3) is 0 Å². The van der Waals surface area contributed by atoms with Crippen LogP contribution < -0.4 is 5.73 Å². The topological polar surface area (TPSA) is 26.0 Å². The Morgan fingerprint density at radius 1 is 1.10 bits per heavy atom. The van der Waals surface area contributed by atoms with Crippen molar-refractivity contribution in [1.29, 1.82) is 0 Å². The molecular weight excluding hydrogens is 249 g/mol. The quantitative estimate of drug-likeness (QED) is 0.851. The van der Waals surface area contributed by atoms with Crippen LogP contribution in [0.15, 0.2) is 18.2 Å². The lowest BCUT2D eigenvalue weighted by Crippen LogP contribution is -2.51. The minimum absolute atomic E-state index is 0.0940. The molecule has 20 heavy (non-hydrogen) atoms. The van der Waals surface area contributed by atoms with Crippen molar-refractivity contribution in [2.24, 2.45) is 28.9 Å². The molecule has 0 spiro atoms. The average Bonchev–Trinajstić information content (AvgIpc) is 2.36. The zero-order valence-electron chi connectivity index (χ0n) is 12.2. The van der Waals surface area contributed by atoms with Gasteiger partial charge in [-0.1, -0.05) is 6.07 Å². The van der Waals surface area contributed by atoms with Crippen molar-refractivity contribution in [3.05, 3.63) is 35.1 Å². The SMILES string of the molecule is Cc1cc(F)ccc1C(N)C12CC3CC(CC(C3)C1)C2. The molecule has 0 aliphatic heterocycles. The second kappa shape index (κ2) is 4.30. The molecular formula is C18H24FN. The highest BCUT2D eigenvalue weighted by Gasteiger charge is 2.53. The Morgan fingerprint density at radius 3 is 2.15 bits per heavy atom. The predicted octanol–water partition coefficient (Wildman–Crippen LogP) is 4.35. The largest absolute Gasteiger partial charge is 0.323 e. The molecule has 0 radical (unpaired) electrons. The van der Waals surface area contributed by atoms with E-state index < -0.39 is 0 Å². The first-order valence-electron chi connectivity index (χ1n) is 8.07. The number of rotatable bonds is 2. The summed E-state index contributed by atoms with van der Waals surface area (Å²) in [4.78, 5) is 0. The zero-order chi connectivity index (χ0) is 13.9. The van der Waals surface area contributed by atoms with Gasteiger partial charge in [0.1, 0.15) is 5.82 Å². The summed E-state index contributed by atoms with van der Waals surface area (Å²) < 4.78 is 13.3. The fraction of sp³-hybridized carbons (Fsp3) is 0.667. The van der Waals surface area contributed by atoms with Gasteiger partial charge in [-0.25, -0.2) is 4.39 Å². The molecule has 0 amide bonds. The van der Waals surface area contributed by atoms with Gasteiger partial charge >= 0.3 is 0 Å². The Bertz CT molecular complexity index is 501. The lowest BCUT2D eigenvalue weighted by Gasteiger charge is -2.59. The number of hydrogen-bond donors (Lipinski definition) is 1. The summed E-state index contributed by atoms with van der Waals surface area (Å²) in [6.45, 7) is 2.00. The van der Waals surface area contributed by atoms with Crippen molar-refractivity contribution in [3.63, 3.8) is 0 Å². The van der Waals surface area contributed by atoms with Crippen molar-refractivity contribution in [2.45, 2.75) is 51.5 Å². The number of hydrogen-bond acceptors (Lipinski definition) is 1. The monoisotopic (exact) mass is 273 g/mol. The van der Waals surface area contributed by atoms with E-state index in [0.29, 0.717) is 5.41 Å². The summed E-state index contributed by atoms with van der Waals surface area (Å²) in [6.07, 6.45) is 8.22. The lowest BCUT2D eigenvalue weighted by molar-refractivity contribution is -0.0678. The van der Waals surface area contributed by atoms with Gasteiger partial charge in [0.15, 0.2) is 0 Å². The van der Waals surface area contributed by atoms with E-state index in [4.69, 9.17) is 5.73 Å². The third kappa shape index (κ3) is 1.84. The molecule has 0 aromatic heterocycles. The van der Waals surface area contributed by atoms with Gasteiger partial charge < -0.3 is 5.73 Å². The Kier molecular flexibility index (Phi) is 2.76. The van der Waals surface area contributed by atoms with Gasteiger partial charge in [-0.15, -0.1) is 0 Å². The first-order valence-corrected chi connectivity index (χ1v) is 8.07. The molecule has 1 nitrogen and oxygen atoms in total. The third-order valence-electron chi connectivity index (χ3n) is 6.31.